The minimum Gasteiger partial charge on any atom is -0.313 e. The standard InChI is InChI=1S/C10H13N5/c1-8(2)5-15-7-13-14-10(15)9-3-11-6-12-4-9/h3-4,6-8H,5H2,1-2H3. The molecule has 15 heavy (non-hydrogen) atoms. The molecule has 0 aliphatic rings. The Balaban J connectivity index is 2.33. The molecule has 5 nitrogen and oxygen atoms in total. The van der Waals surface area contributed by atoms with E-state index in [-0.39, 0.29) is 0 Å². The number of aromatic nitrogens is 5. The monoisotopic (exact) mass is 203 g/mol. The molecule has 0 N–H and O–H groups in total. The maximum Gasteiger partial charge on any atom is 0.166 e. The molecule has 0 radical (unpaired) electrons. The fraction of sp³-hybridized carbons (Fsp3) is 0.400. The Hall–Kier alpha value is -1.78. The van der Waals surface area contributed by atoms with E-state index in [0.717, 1.165) is 17.9 Å². The van der Waals surface area contributed by atoms with Gasteiger partial charge in [-0.3, -0.25) is 0 Å². The van der Waals surface area contributed by atoms with Gasteiger partial charge in [-0.1, -0.05) is 13.8 Å². The summed E-state index contributed by atoms with van der Waals surface area (Å²) in [5.74, 6) is 1.38. The van der Waals surface area contributed by atoms with E-state index in [0.29, 0.717) is 5.92 Å². The first-order valence-corrected chi connectivity index (χ1v) is 4.90. The van der Waals surface area contributed by atoms with Gasteiger partial charge in [0.25, 0.3) is 0 Å². The lowest BCUT2D eigenvalue weighted by molar-refractivity contribution is 0.525. The van der Waals surface area contributed by atoms with Gasteiger partial charge in [-0.05, 0) is 5.92 Å². The zero-order valence-electron chi connectivity index (χ0n) is 8.83. The van der Waals surface area contributed by atoms with Crippen LogP contribution in [0.5, 0.6) is 0 Å². The van der Waals surface area contributed by atoms with Crippen LogP contribution in [0.1, 0.15) is 13.8 Å². The number of hydrogen-bond acceptors (Lipinski definition) is 4. The Morgan fingerprint density at radius 3 is 2.67 bits per heavy atom. The van der Waals surface area contributed by atoms with Gasteiger partial charge in [0.15, 0.2) is 5.82 Å². The topological polar surface area (TPSA) is 56.5 Å². The Kier molecular flexibility index (Phi) is 2.71. The van der Waals surface area contributed by atoms with Gasteiger partial charge in [0.1, 0.15) is 12.7 Å². The molecule has 2 rings (SSSR count). The van der Waals surface area contributed by atoms with Crippen LogP contribution in [0, 0.1) is 5.92 Å². The molecule has 0 bridgehead atoms. The highest BCUT2D eigenvalue weighted by atomic mass is 15.3. The van der Waals surface area contributed by atoms with Crippen molar-refractivity contribution in [3.63, 3.8) is 0 Å². The van der Waals surface area contributed by atoms with Crippen LogP contribution in [-0.4, -0.2) is 24.7 Å². The van der Waals surface area contributed by atoms with Crippen molar-refractivity contribution >= 4 is 0 Å². The molecule has 0 saturated heterocycles. The average molecular weight is 203 g/mol. The van der Waals surface area contributed by atoms with Gasteiger partial charge in [0.05, 0.1) is 5.56 Å². The van der Waals surface area contributed by atoms with Crippen molar-refractivity contribution in [3.8, 4) is 11.4 Å². The molecule has 2 aromatic rings. The summed E-state index contributed by atoms with van der Waals surface area (Å²) in [5, 5.41) is 7.98. The summed E-state index contributed by atoms with van der Waals surface area (Å²) < 4.78 is 2.02. The molecular weight excluding hydrogens is 190 g/mol. The first-order valence-electron chi connectivity index (χ1n) is 4.90. The van der Waals surface area contributed by atoms with E-state index in [9.17, 15) is 0 Å². The highest BCUT2D eigenvalue weighted by Crippen LogP contribution is 2.14. The van der Waals surface area contributed by atoms with Crippen LogP contribution in [0.2, 0.25) is 0 Å². The molecule has 0 saturated carbocycles. The summed E-state index contributed by atoms with van der Waals surface area (Å²) in [6.07, 6.45) is 6.73. The number of hydrogen-bond donors (Lipinski definition) is 0. The quantitative estimate of drug-likeness (QED) is 0.756. The van der Waals surface area contributed by atoms with E-state index in [1.807, 2.05) is 4.57 Å². The average Bonchev–Trinajstić information content (AvgIpc) is 2.66. The van der Waals surface area contributed by atoms with Crippen molar-refractivity contribution in [2.45, 2.75) is 20.4 Å². The second-order valence-electron chi connectivity index (χ2n) is 3.83. The van der Waals surface area contributed by atoms with Crippen LogP contribution in [0.25, 0.3) is 11.4 Å². The van der Waals surface area contributed by atoms with E-state index < -0.39 is 0 Å². The van der Waals surface area contributed by atoms with Gasteiger partial charge in [0.2, 0.25) is 0 Å². The van der Waals surface area contributed by atoms with Crippen molar-refractivity contribution in [2.75, 3.05) is 0 Å². The summed E-state index contributed by atoms with van der Waals surface area (Å²) in [4.78, 5) is 7.94. The van der Waals surface area contributed by atoms with E-state index in [1.54, 1.807) is 18.7 Å². The zero-order valence-corrected chi connectivity index (χ0v) is 8.83. The molecule has 5 heteroatoms. The molecule has 0 aliphatic heterocycles. The maximum absolute atomic E-state index is 4.07. The largest absolute Gasteiger partial charge is 0.313 e. The normalized spacial score (nSPS) is 10.9. The van der Waals surface area contributed by atoms with Crippen LogP contribution in [-0.2, 0) is 6.54 Å². The van der Waals surface area contributed by atoms with Crippen LogP contribution in [0.3, 0.4) is 0 Å². The lowest BCUT2D eigenvalue weighted by atomic mass is 10.2. The van der Waals surface area contributed by atoms with Gasteiger partial charge < -0.3 is 4.57 Å². The van der Waals surface area contributed by atoms with Gasteiger partial charge >= 0.3 is 0 Å². The highest BCUT2D eigenvalue weighted by Gasteiger charge is 2.08. The maximum atomic E-state index is 4.07. The van der Waals surface area contributed by atoms with Gasteiger partial charge in [0, 0.05) is 18.9 Å². The predicted octanol–water partition coefficient (Wildman–Crippen LogP) is 1.39. The molecular formula is C10H13N5. The van der Waals surface area contributed by atoms with Crippen LogP contribution in [0.15, 0.2) is 25.0 Å². The summed E-state index contributed by atoms with van der Waals surface area (Å²) in [7, 11) is 0. The smallest absolute Gasteiger partial charge is 0.166 e. The molecule has 0 aliphatic carbocycles. The predicted molar refractivity (Wildman–Crippen MR) is 55.9 cm³/mol. The Bertz CT molecular complexity index is 420. The third kappa shape index (κ3) is 2.18. The Morgan fingerprint density at radius 1 is 1.27 bits per heavy atom. The summed E-state index contributed by atoms with van der Waals surface area (Å²) in [6.45, 7) is 5.22. The van der Waals surface area contributed by atoms with Crippen LogP contribution in [0.4, 0.5) is 0 Å². The second-order valence-corrected chi connectivity index (χ2v) is 3.83. The third-order valence-electron chi connectivity index (χ3n) is 2.00. The van der Waals surface area contributed by atoms with Crippen LogP contribution >= 0.6 is 0 Å². The molecule has 0 aromatic carbocycles. The van der Waals surface area contributed by atoms with Gasteiger partial charge in [-0.2, -0.15) is 0 Å². The van der Waals surface area contributed by atoms with Crippen LogP contribution < -0.4 is 0 Å². The molecule has 2 heterocycles. The summed E-state index contributed by atoms with van der Waals surface area (Å²) >= 11 is 0. The zero-order chi connectivity index (χ0) is 10.7. The van der Waals surface area contributed by atoms with Crippen molar-refractivity contribution in [1.82, 2.24) is 24.7 Å². The second kappa shape index (κ2) is 4.16. The minimum absolute atomic E-state index is 0.560. The Labute approximate surface area is 88.2 Å². The molecule has 0 unspecified atom stereocenters. The highest BCUT2D eigenvalue weighted by molar-refractivity contribution is 5.51. The minimum atomic E-state index is 0.560. The number of nitrogens with zero attached hydrogens (tertiary/aromatic N) is 5. The van der Waals surface area contributed by atoms with Crippen molar-refractivity contribution in [1.29, 1.82) is 0 Å². The summed E-state index contributed by atoms with van der Waals surface area (Å²) in [6, 6.07) is 0. The Morgan fingerprint density at radius 2 is 2.00 bits per heavy atom. The van der Waals surface area contributed by atoms with E-state index in [1.165, 1.54) is 6.33 Å². The molecule has 0 atom stereocenters. The van der Waals surface area contributed by atoms with E-state index >= 15 is 0 Å². The molecule has 78 valence electrons. The van der Waals surface area contributed by atoms with Crippen molar-refractivity contribution < 1.29 is 0 Å². The van der Waals surface area contributed by atoms with Gasteiger partial charge in [-0.25, -0.2) is 9.97 Å². The summed E-state index contributed by atoms with van der Waals surface area (Å²) in [5.41, 5.74) is 0.899. The van der Waals surface area contributed by atoms with Gasteiger partial charge in [-0.15, -0.1) is 10.2 Å². The lowest BCUT2D eigenvalue weighted by Gasteiger charge is -2.08. The molecule has 2 aromatic heterocycles. The first-order chi connectivity index (χ1) is 7.27. The fourth-order valence-electron chi connectivity index (χ4n) is 1.42. The first kappa shape index (κ1) is 9.76. The van der Waals surface area contributed by atoms with E-state index in [2.05, 4.69) is 34.0 Å². The molecule has 0 spiro atoms. The SMILES string of the molecule is CC(C)Cn1cnnc1-c1cncnc1. The van der Waals surface area contributed by atoms with Crippen molar-refractivity contribution in [3.05, 3.63) is 25.0 Å². The van der Waals surface area contributed by atoms with Crippen molar-refractivity contribution in [2.24, 2.45) is 5.92 Å². The molecule has 0 fully saturated rings. The lowest BCUT2D eigenvalue weighted by Crippen LogP contribution is -2.05. The fourth-order valence-corrected chi connectivity index (χ4v) is 1.42. The molecule has 0 amide bonds. The number of rotatable bonds is 3. The van der Waals surface area contributed by atoms with E-state index in [4.69, 9.17) is 0 Å². The third-order valence-corrected chi connectivity index (χ3v) is 2.00.